The lowest BCUT2D eigenvalue weighted by molar-refractivity contribution is 0.685. The van der Waals surface area contributed by atoms with Gasteiger partial charge in [-0.2, -0.15) is 0 Å². The van der Waals surface area contributed by atoms with Gasteiger partial charge in [0, 0.05) is 39.8 Å². The first-order chi connectivity index (χ1) is 12.1. The van der Waals surface area contributed by atoms with Crippen molar-refractivity contribution in [2.24, 2.45) is 0 Å². The smallest absolute Gasteiger partial charge is 0.203 e. The average Bonchev–Trinajstić information content (AvgIpc) is 2.64. The summed E-state index contributed by atoms with van der Waals surface area (Å²) in [6, 6.07) is 15.1. The zero-order chi connectivity index (χ0) is 17.4. The maximum Gasteiger partial charge on any atom is 0.203 e. The predicted octanol–water partition coefficient (Wildman–Crippen LogP) is 3.96. The van der Waals surface area contributed by atoms with E-state index in [0.717, 1.165) is 21.3 Å². The van der Waals surface area contributed by atoms with Gasteiger partial charge in [-0.05, 0) is 18.2 Å². The number of para-hydroxylation sites is 2. The molecule has 0 spiro atoms. The Labute approximate surface area is 150 Å². The summed E-state index contributed by atoms with van der Waals surface area (Å²) < 4.78 is 12.2. The third-order valence-electron chi connectivity index (χ3n) is 3.97. The highest BCUT2D eigenvalue weighted by Gasteiger charge is 2.15. The van der Waals surface area contributed by atoms with Crippen LogP contribution in [0.2, 0.25) is 0 Å². The van der Waals surface area contributed by atoms with Crippen molar-refractivity contribution in [2.75, 3.05) is 6.26 Å². The number of rotatable bonds is 3. The first-order valence-corrected chi connectivity index (χ1v) is 10.0. The van der Waals surface area contributed by atoms with E-state index in [-0.39, 0.29) is 5.43 Å². The number of aromatic amines is 1. The molecule has 0 aliphatic carbocycles. The van der Waals surface area contributed by atoms with Crippen LogP contribution in [0.1, 0.15) is 0 Å². The van der Waals surface area contributed by atoms with Gasteiger partial charge in [-0.3, -0.25) is 14.0 Å². The van der Waals surface area contributed by atoms with Crippen LogP contribution in [0.25, 0.3) is 21.8 Å². The van der Waals surface area contributed by atoms with Crippen molar-refractivity contribution in [2.45, 2.75) is 14.7 Å². The van der Waals surface area contributed by atoms with E-state index in [4.69, 9.17) is 0 Å². The van der Waals surface area contributed by atoms with Gasteiger partial charge in [-0.15, -0.1) is 0 Å². The fraction of sp³-hybridized carbons (Fsp3) is 0.0526. The second-order valence-corrected chi connectivity index (χ2v) is 7.95. The fourth-order valence-electron chi connectivity index (χ4n) is 2.74. The van der Waals surface area contributed by atoms with Gasteiger partial charge >= 0.3 is 0 Å². The predicted molar refractivity (Wildman–Crippen MR) is 103 cm³/mol. The van der Waals surface area contributed by atoms with Crippen molar-refractivity contribution in [3.8, 4) is 0 Å². The number of H-pyrrole nitrogens is 1. The van der Waals surface area contributed by atoms with Gasteiger partial charge in [0.25, 0.3) is 0 Å². The summed E-state index contributed by atoms with van der Waals surface area (Å²) >= 11 is 1.34. The van der Waals surface area contributed by atoms with Crippen molar-refractivity contribution in [1.82, 2.24) is 9.97 Å². The van der Waals surface area contributed by atoms with E-state index in [1.807, 2.05) is 48.5 Å². The van der Waals surface area contributed by atoms with Gasteiger partial charge in [0.1, 0.15) is 0 Å². The lowest BCUT2D eigenvalue weighted by atomic mass is 10.2. The van der Waals surface area contributed by atoms with Gasteiger partial charge in [0.05, 0.1) is 26.1 Å². The molecule has 2 heterocycles. The van der Waals surface area contributed by atoms with Crippen LogP contribution in [0, 0.1) is 0 Å². The maximum absolute atomic E-state index is 12.8. The number of nitrogens with zero attached hydrogens (tertiary/aromatic N) is 1. The molecular weight excluding hydrogens is 352 g/mol. The number of benzene rings is 2. The molecule has 0 saturated heterocycles. The Morgan fingerprint density at radius 1 is 1.04 bits per heavy atom. The molecule has 0 aliphatic rings. The summed E-state index contributed by atoms with van der Waals surface area (Å²) in [4.78, 5) is 22.4. The van der Waals surface area contributed by atoms with Crippen LogP contribution in [0.15, 0.2) is 80.4 Å². The van der Waals surface area contributed by atoms with Crippen LogP contribution in [0.5, 0.6) is 0 Å². The Morgan fingerprint density at radius 2 is 1.76 bits per heavy atom. The monoisotopic (exact) mass is 366 g/mol. The van der Waals surface area contributed by atoms with Crippen LogP contribution in [-0.2, 0) is 10.8 Å². The molecule has 25 heavy (non-hydrogen) atoms. The van der Waals surface area contributed by atoms with E-state index in [0.29, 0.717) is 15.2 Å². The number of aromatic nitrogens is 2. The molecule has 0 saturated carbocycles. The van der Waals surface area contributed by atoms with E-state index >= 15 is 0 Å². The molecule has 4 aromatic rings. The summed E-state index contributed by atoms with van der Waals surface area (Å²) in [5, 5.41) is 1.54. The second-order valence-electron chi connectivity index (χ2n) is 5.55. The molecule has 4 nitrogen and oxygen atoms in total. The Hall–Kier alpha value is -2.44. The van der Waals surface area contributed by atoms with Gasteiger partial charge in [0.15, 0.2) is 0 Å². The highest BCUT2D eigenvalue weighted by molar-refractivity contribution is 8.00. The van der Waals surface area contributed by atoms with Crippen molar-refractivity contribution in [3.63, 3.8) is 0 Å². The quantitative estimate of drug-likeness (QED) is 0.596. The topological polar surface area (TPSA) is 62.8 Å². The van der Waals surface area contributed by atoms with E-state index in [1.54, 1.807) is 18.6 Å². The molecule has 1 atom stereocenters. The zero-order valence-corrected chi connectivity index (χ0v) is 15.0. The summed E-state index contributed by atoms with van der Waals surface area (Å²) in [7, 11) is -1.20. The van der Waals surface area contributed by atoms with Gasteiger partial charge in [-0.25, -0.2) is 0 Å². The highest BCUT2D eigenvalue weighted by Crippen LogP contribution is 2.35. The van der Waals surface area contributed by atoms with Gasteiger partial charge in [0.2, 0.25) is 5.43 Å². The average molecular weight is 366 g/mol. The molecule has 6 heteroatoms. The molecule has 0 fully saturated rings. The Morgan fingerprint density at radius 3 is 2.56 bits per heavy atom. The van der Waals surface area contributed by atoms with Crippen molar-refractivity contribution < 1.29 is 4.21 Å². The lowest BCUT2D eigenvalue weighted by Gasteiger charge is -2.10. The standard InChI is InChI=1S/C19H14N2O2S2/c1-25(23)17-11-21-15-9-5-3-7-13(15)19(17)24-16-10-20-14-8-4-2-6-12(14)18(16)22/h2-11H,1H3,(H,20,22). The number of hydrogen-bond acceptors (Lipinski definition) is 4. The normalized spacial score (nSPS) is 12.5. The van der Waals surface area contributed by atoms with Crippen LogP contribution in [-0.4, -0.2) is 20.4 Å². The molecule has 2 aromatic carbocycles. The maximum atomic E-state index is 12.8. The minimum Gasteiger partial charge on any atom is -0.360 e. The van der Waals surface area contributed by atoms with E-state index < -0.39 is 10.8 Å². The Kier molecular flexibility index (Phi) is 4.15. The number of nitrogens with one attached hydrogen (secondary N) is 1. The van der Waals surface area contributed by atoms with Crippen molar-refractivity contribution in [1.29, 1.82) is 0 Å². The van der Waals surface area contributed by atoms with Crippen molar-refractivity contribution >= 4 is 44.4 Å². The third kappa shape index (κ3) is 2.88. The van der Waals surface area contributed by atoms with Gasteiger partial charge < -0.3 is 4.98 Å². The highest BCUT2D eigenvalue weighted by atomic mass is 32.2. The minimum atomic E-state index is -1.20. The molecule has 4 rings (SSSR count). The summed E-state index contributed by atoms with van der Waals surface area (Å²) in [5.74, 6) is 0. The molecule has 0 aliphatic heterocycles. The summed E-state index contributed by atoms with van der Waals surface area (Å²) in [6.45, 7) is 0. The van der Waals surface area contributed by atoms with E-state index in [9.17, 15) is 9.00 Å². The number of pyridine rings is 2. The molecule has 0 radical (unpaired) electrons. The van der Waals surface area contributed by atoms with E-state index in [1.165, 1.54) is 11.8 Å². The van der Waals surface area contributed by atoms with Gasteiger partial charge in [-0.1, -0.05) is 42.1 Å². The third-order valence-corrected chi connectivity index (χ3v) is 6.19. The second kappa shape index (κ2) is 6.46. The van der Waals surface area contributed by atoms with Crippen LogP contribution in [0.4, 0.5) is 0 Å². The molecule has 1 N–H and O–H groups in total. The molecule has 0 amide bonds. The van der Waals surface area contributed by atoms with Crippen LogP contribution >= 0.6 is 11.8 Å². The minimum absolute atomic E-state index is 0.0342. The molecule has 2 aromatic heterocycles. The Balaban J connectivity index is 1.94. The summed E-state index contributed by atoms with van der Waals surface area (Å²) in [6.07, 6.45) is 4.98. The Bertz CT molecular complexity index is 1180. The van der Waals surface area contributed by atoms with Crippen LogP contribution in [0.3, 0.4) is 0 Å². The fourth-order valence-corrected chi connectivity index (χ4v) is 4.77. The first-order valence-electron chi connectivity index (χ1n) is 7.64. The number of fused-ring (bicyclic) bond motifs is 2. The van der Waals surface area contributed by atoms with E-state index in [2.05, 4.69) is 9.97 Å². The first kappa shape index (κ1) is 16.1. The largest absolute Gasteiger partial charge is 0.360 e. The lowest BCUT2D eigenvalue weighted by Crippen LogP contribution is -2.06. The molecule has 0 bridgehead atoms. The van der Waals surface area contributed by atoms with Crippen LogP contribution < -0.4 is 5.43 Å². The summed E-state index contributed by atoms with van der Waals surface area (Å²) in [5.41, 5.74) is 1.58. The number of hydrogen-bond donors (Lipinski definition) is 1. The SMILES string of the molecule is CS(=O)c1cnc2ccccc2c1Sc1c[nH]c2ccccc2c1=O. The molecular formula is C19H14N2O2S2. The molecule has 124 valence electrons. The molecule has 1 unspecified atom stereocenters. The zero-order valence-electron chi connectivity index (χ0n) is 13.4. The van der Waals surface area contributed by atoms with Crippen molar-refractivity contribution in [3.05, 3.63) is 71.1 Å².